The fourth-order valence-corrected chi connectivity index (χ4v) is 2.53. The van der Waals surface area contributed by atoms with E-state index in [-0.39, 0.29) is 0 Å². The van der Waals surface area contributed by atoms with Gasteiger partial charge in [0, 0.05) is 20.1 Å². The second-order valence-corrected chi connectivity index (χ2v) is 4.90. The lowest BCUT2D eigenvalue weighted by atomic mass is 9.85. The van der Waals surface area contributed by atoms with Gasteiger partial charge in [-0.1, -0.05) is 6.42 Å². The van der Waals surface area contributed by atoms with Crippen molar-refractivity contribution < 1.29 is 4.79 Å². The minimum atomic E-state index is 0.744. The summed E-state index contributed by atoms with van der Waals surface area (Å²) in [6.07, 6.45) is 4.93. The molecule has 0 aromatic carbocycles. The van der Waals surface area contributed by atoms with E-state index in [9.17, 15) is 4.79 Å². The third-order valence-electron chi connectivity index (χ3n) is 3.74. The number of hydrogen-bond acceptors (Lipinski definition) is 3. The van der Waals surface area contributed by atoms with Crippen LogP contribution in [0.4, 0.5) is 5.82 Å². The summed E-state index contributed by atoms with van der Waals surface area (Å²) in [5, 5.41) is 4.35. The molecular weight excluding hydrogens is 214 g/mol. The van der Waals surface area contributed by atoms with E-state index in [2.05, 4.69) is 16.9 Å². The number of rotatable bonds is 5. The number of aryl methyl sites for hydroxylation is 2. The normalized spacial score (nSPS) is 15.7. The molecule has 0 spiro atoms. The minimum Gasteiger partial charge on any atom is -0.356 e. The van der Waals surface area contributed by atoms with Crippen LogP contribution in [0.3, 0.4) is 0 Å². The second kappa shape index (κ2) is 4.90. The maximum atomic E-state index is 11.2. The number of carbonyl (C=O) groups is 1. The zero-order chi connectivity index (χ0) is 12.4. The molecule has 0 atom stereocenters. The zero-order valence-electron chi connectivity index (χ0n) is 10.9. The standard InChI is InChI=1S/C13H21N3O/c1-4-16(8-11-6-5-7-11)13-12(9-17)10(2)14-15(13)3/h9,11H,4-8H2,1-3H3. The molecule has 4 nitrogen and oxygen atoms in total. The van der Waals surface area contributed by atoms with Crippen molar-refractivity contribution in [2.75, 3.05) is 18.0 Å². The Labute approximate surface area is 103 Å². The monoisotopic (exact) mass is 235 g/mol. The summed E-state index contributed by atoms with van der Waals surface area (Å²) in [5.41, 5.74) is 1.57. The van der Waals surface area contributed by atoms with E-state index in [1.807, 2.05) is 18.7 Å². The number of hydrogen-bond donors (Lipinski definition) is 0. The van der Waals surface area contributed by atoms with Crippen LogP contribution in [-0.4, -0.2) is 29.2 Å². The average Bonchev–Trinajstić information content (AvgIpc) is 2.52. The van der Waals surface area contributed by atoms with Crippen LogP contribution in [0.25, 0.3) is 0 Å². The maximum Gasteiger partial charge on any atom is 0.155 e. The second-order valence-electron chi connectivity index (χ2n) is 4.90. The van der Waals surface area contributed by atoms with Gasteiger partial charge in [0.15, 0.2) is 6.29 Å². The lowest BCUT2D eigenvalue weighted by Crippen LogP contribution is -2.34. The van der Waals surface area contributed by atoms with E-state index in [1.165, 1.54) is 19.3 Å². The highest BCUT2D eigenvalue weighted by atomic mass is 16.1. The van der Waals surface area contributed by atoms with E-state index in [4.69, 9.17) is 0 Å². The first-order chi connectivity index (χ1) is 8.17. The Balaban J connectivity index is 2.25. The topological polar surface area (TPSA) is 38.1 Å². The van der Waals surface area contributed by atoms with Crippen molar-refractivity contribution in [2.45, 2.75) is 33.1 Å². The van der Waals surface area contributed by atoms with Crippen LogP contribution < -0.4 is 4.90 Å². The van der Waals surface area contributed by atoms with E-state index >= 15 is 0 Å². The van der Waals surface area contributed by atoms with Crippen LogP contribution in [-0.2, 0) is 7.05 Å². The van der Waals surface area contributed by atoms with Crippen molar-refractivity contribution in [2.24, 2.45) is 13.0 Å². The smallest absolute Gasteiger partial charge is 0.155 e. The van der Waals surface area contributed by atoms with Crippen LogP contribution in [0.1, 0.15) is 42.2 Å². The fourth-order valence-electron chi connectivity index (χ4n) is 2.53. The van der Waals surface area contributed by atoms with Crippen LogP contribution >= 0.6 is 0 Å². The summed E-state index contributed by atoms with van der Waals surface area (Å²) in [6.45, 7) is 6.01. The lowest BCUT2D eigenvalue weighted by molar-refractivity contribution is 0.112. The highest BCUT2D eigenvalue weighted by molar-refractivity contribution is 5.84. The summed E-state index contributed by atoms with van der Waals surface area (Å²) >= 11 is 0. The molecule has 0 bridgehead atoms. The van der Waals surface area contributed by atoms with Crippen molar-refractivity contribution in [1.29, 1.82) is 0 Å². The third kappa shape index (κ3) is 2.21. The molecule has 1 aromatic heterocycles. The van der Waals surface area contributed by atoms with Crippen molar-refractivity contribution >= 4 is 12.1 Å². The van der Waals surface area contributed by atoms with Gasteiger partial charge in [-0.05, 0) is 32.6 Å². The Hall–Kier alpha value is -1.32. The van der Waals surface area contributed by atoms with E-state index in [1.54, 1.807) is 0 Å². The van der Waals surface area contributed by atoms with Gasteiger partial charge in [-0.25, -0.2) is 0 Å². The van der Waals surface area contributed by atoms with Crippen LogP contribution in [0.15, 0.2) is 0 Å². The molecule has 17 heavy (non-hydrogen) atoms. The molecule has 2 rings (SSSR count). The maximum absolute atomic E-state index is 11.2. The van der Waals surface area contributed by atoms with Gasteiger partial charge in [0.05, 0.1) is 11.3 Å². The fraction of sp³-hybridized carbons (Fsp3) is 0.692. The van der Waals surface area contributed by atoms with Gasteiger partial charge >= 0.3 is 0 Å². The number of aromatic nitrogens is 2. The predicted octanol–water partition coefficient (Wildman–Crippen LogP) is 2.17. The summed E-state index contributed by atoms with van der Waals surface area (Å²) in [7, 11) is 1.92. The Bertz CT molecular complexity index is 407. The SMILES string of the molecule is CCN(CC1CCC1)c1c(C=O)c(C)nn1C. The van der Waals surface area contributed by atoms with Crippen LogP contribution in [0.5, 0.6) is 0 Å². The van der Waals surface area contributed by atoms with Gasteiger partial charge in [-0.15, -0.1) is 0 Å². The molecule has 0 unspecified atom stereocenters. The molecule has 1 aliphatic carbocycles. The van der Waals surface area contributed by atoms with Gasteiger partial charge in [-0.3, -0.25) is 9.48 Å². The van der Waals surface area contributed by atoms with Gasteiger partial charge in [0.25, 0.3) is 0 Å². The summed E-state index contributed by atoms with van der Waals surface area (Å²) < 4.78 is 1.83. The van der Waals surface area contributed by atoms with Crippen molar-refractivity contribution in [3.8, 4) is 0 Å². The Kier molecular flexibility index (Phi) is 3.50. The lowest BCUT2D eigenvalue weighted by Gasteiger charge is -2.33. The summed E-state index contributed by atoms with van der Waals surface area (Å²) in [5.74, 6) is 1.77. The molecule has 4 heteroatoms. The predicted molar refractivity (Wildman–Crippen MR) is 68.6 cm³/mol. The van der Waals surface area contributed by atoms with Crippen molar-refractivity contribution in [3.05, 3.63) is 11.3 Å². The molecule has 1 heterocycles. The highest BCUT2D eigenvalue weighted by Crippen LogP contribution is 2.30. The van der Waals surface area contributed by atoms with E-state index < -0.39 is 0 Å². The first kappa shape index (κ1) is 12.1. The quantitative estimate of drug-likeness (QED) is 0.734. The zero-order valence-corrected chi connectivity index (χ0v) is 10.9. The molecule has 1 aromatic rings. The molecule has 0 amide bonds. The van der Waals surface area contributed by atoms with Gasteiger partial charge in [-0.2, -0.15) is 5.10 Å². The van der Waals surface area contributed by atoms with Gasteiger partial charge in [0.2, 0.25) is 0 Å². The Morgan fingerprint density at radius 1 is 1.53 bits per heavy atom. The first-order valence-electron chi connectivity index (χ1n) is 6.41. The summed E-state index contributed by atoms with van der Waals surface area (Å²) in [6, 6.07) is 0. The van der Waals surface area contributed by atoms with Gasteiger partial charge in [0.1, 0.15) is 5.82 Å². The van der Waals surface area contributed by atoms with E-state index in [0.717, 1.165) is 42.4 Å². The number of carbonyl (C=O) groups excluding carboxylic acids is 1. The largest absolute Gasteiger partial charge is 0.356 e. The molecule has 1 fully saturated rings. The molecule has 0 aliphatic heterocycles. The van der Waals surface area contributed by atoms with Crippen molar-refractivity contribution in [3.63, 3.8) is 0 Å². The first-order valence-corrected chi connectivity index (χ1v) is 6.41. The molecule has 94 valence electrons. The molecule has 0 saturated heterocycles. The molecule has 0 radical (unpaired) electrons. The molecule has 1 saturated carbocycles. The highest BCUT2D eigenvalue weighted by Gasteiger charge is 2.24. The molecular formula is C13H21N3O. The third-order valence-corrected chi connectivity index (χ3v) is 3.74. The number of anilines is 1. The summed E-state index contributed by atoms with van der Waals surface area (Å²) in [4.78, 5) is 13.5. The molecule has 0 N–H and O–H groups in total. The average molecular weight is 235 g/mol. The Morgan fingerprint density at radius 2 is 2.24 bits per heavy atom. The van der Waals surface area contributed by atoms with Crippen LogP contribution in [0, 0.1) is 12.8 Å². The minimum absolute atomic E-state index is 0.744. The van der Waals surface area contributed by atoms with Crippen molar-refractivity contribution in [1.82, 2.24) is 9.78 Å². The van der Waals surface area contributed by atoms with Crippen LogP contribution in [0.2, 0.25) is 0 Å². The molecule has 1 aliphatic rings. The van der Waals surface area contributed by atoms with E-state index in [0.29, 0.717) is 0 Å². The Morgan fingerprint density at radius 3 is 2.71 bits per heavy atom. The van der Waals surface area contributed by atoms with Gasteiger partial charge < -0.3 is 4.90 Å². The number of aldehydes is 1. The number of nitrogens with zero attached hydrogens (tertiary/aromatic N) is 3.